The van der Waals surface area contributed by atoms with Crippen molar-refractivity contribution in [3.8, 4) is 0 Å². The Labute approximate surface area is 165 Å². The molecule has 0 unspecified atom stereocenters. The van der Waals surface area contributed by atoms with Crippen molar-refractivity contribution in [2.24, 2.45) is 0 Å². The van der Waals surface area contributed by atoms with Gasteiger partial charge in [0.05, 0.1) is 0 Å². The molecule has 3 N–H and O–H groups in total. The van der Waals surface area contributed by atoms with E-state index in [1.165, 1.54) is 18.1 Å². The fourth-order valence-electron chi connectivity index (χ4n) is 2.99. The zero-order valence-corrected chi connectivity index (χ0v) is 16.6. The third-order valence-corrected chi connectivity index (χ3v) is 4.31. The summed E-state index contributed by atoms with van der Waals surface area (Å²) in [5.41, 5.74) is 5.97. The van der Waals surface area contributed by atoms with E-state index in [1.807, 2.05) is 37.3 Å². The lowest BCUT2D eigenvalue weighted by Crippen LogP contribution is -2.06. The summed E-state index contributed by atoms with van der Waals surface area (Å²) < 4.78 is 0. The molecule has 0 bridgehead atoms. The number of anilines is 5. The number of hydrogen-bond donors (Lipinski definition) is 3. The zero-order chi connectivity index (χ0) is 20.1. The molecule has 6 heteroatoms. The van der Waals surface area contributed by atoms with Crippen LogP contribution < -0.4 is 16.0 Å². The molecule has 0 aliphatic rings. The highest BCUT2D eigenvalue weighted by Crippen LogP contribution is 2.26. The van der Waals surface area contributed by atoms with Crippen molar-refractivity contribution in [2.75, 3.05) is 16.0 Å². The predicted octanol–water partition coefficient (Wildman–Crippen LogP) is 5.10. The molecule has 0 atom stereocenters. The molecule has 0 saturated heterocycles. The van der Waals surface area contributed by atoms with Crippen LogP contribution >= 0.6 is 0 Å². The van der Waals surface area contributed by atoms with Gasteiger partial charge in [-0.25, -0.2) is 4.98 Å². The van der Waals surface area contributed by atoms with Crippen LogP contribution in [0.4, 0.5) is 28.8 Å². The van der Waals surface area contributed by atoms with E-state index in [0.717, 1.165) is 35.0 Å². The van der Waals surface area contributed by atoms with Crippen LogP contribution in [0.25, 0.3) is 0 Å². The predicted molar refractivity (Wildman–Crippen MR) is 115 cm³/mol. The van der Waals surface area contributed by atoms with Crippen LogP contribution in [0.1, 0.15) is 30.7 Å². The summed E-state index contributed by atoms with van der Waals surface area (Å²) in [6.45, 7) is 7.66. The average molecular weight is 375 g/mol. The lowest BCUT2D eigenvalue weighted by Gasteiger charge is -2.15. The number of aryl methyl sites for hydroxylation is 3. The van der Waals surface area contributed by atoms with Crippen LogP contribution in [0.2, 0.25) is 0 Å². The third-order valence-electron chi connectivity index (χ3n) is 4.31. The topological polar surface area (TPSA) is 78.9 Å². The first kappa shape index (κ1) is 19.4. The second-order valence-electron chi connectivity index (χ2n) is 6.69. The number of rotatable bonds is 6. The number of carbonyl (C=O) groups excluding carboxylic acids is 1. The third kappa shape index (κ3) is 4.85. The van der Waals surface area contributed by atoms with Gasteiger partial charge in [0.15, 0.2) is 0 Å². The number of carbonyl (C=O) groups is 1. The summed E-state index contributed by atoms with van der Waals surface area (Å²) in [6, 6.07) is 15.6. The van der Waals surface area contributed by atoms with E-state index in [4.69, 9.17) is 0 Å². The number of amides is 1. The van der Waals surface area contributed by atoms with Gasteiger partial charge in [0.2, 0.25) is 11.9 Å². The van der Waals surface area contributed by atoms with E-state index in [0.29, 0.717) is 5.95 Å². The quantitative estimate of drug-likeness (QED) is 0.558. The molecular weight excluding hydrogens is 350 g/mol. The van der Waals surface area contributed by atoms with E-state index in [1.54, 1.807) is 0 Å². The molecule has 0 aliphatic heterocycles. The molecule has 1 amide bonds. The molecule has 0 fully saturated rings. The van der Waals surface area contributed by atoms with Crippen LogP contribution in [0.3, 0.4) is 0 Å². The number of aromatic nitrogens is 2. The maximum atomic E-state index is 11.1. The number of benzene rings is 2. The monoisotopic (exact) mass is 375 g/mol. The average Bonchev–Trinajstić information content (AvgIpc) is 2.64. The second-order valence-corrected chi connectivity index (χ2v) is 6.69. The molecule has 0 aliphatic carbocycles. The Morgan fingerprint density at radius 2 is 1.68 bits per heavy atom. The maximum Gasteiger partial charge on any atom is 0.229 e. The summed E-state index contributed by atoms with van der Waals surface area (Å²) >= 11 is 0. The number of para-hydroxylation sites is 1. The van der Waals surface area contributed by atoms with Crippen molar-refractivity contribution < 1.29 is 4.79 Å². The Kier molecular flexibility index (Phi) is 5.89. The summed E-state index contributed by atoms with van der Waals surface area (Å²) in [6.07, 6.45) is 0.944. The first-order chi connectivity index (χ1) is 13.4. The van der Waals surface area contributed by atoms with E-state index < -0.39 is 0 Å². The van der Waals surface area contributed by atoms with Crippen molar-refractivity contribution >= 4 is 34.7 Å². The highest BCUT2D eigenvalue weighted by Gasteiger charge is 2.08. The minimum atomic E-state index is -0.0962. The van der Waals surface area contributed by atoms with Crippen LogP contribution in [-0.4, -0.2) is 15.9 Å². The van der Waals surface area contributed by atoms with Crippen molar-refractivity contribution in [1.29, 1.82) is 0 Å². The molecule has 1 heterocycles. The van der Waals surface area contributed by atoms with Gasteiger partial charge in [0.25, 0.3) is 0 Å². The van der Waals surface area contributed by atoms with E-state index in [2.05, 4.69) is 58.0 Å². The SMILES string of the molecule is CCc1cccc(C)c1Nc1cc(C)nc(Nc2ccc(NC(C)=O)cc2)n1. The molecule has 0 spiro atoms. The Hall–Kier alpha value is -3.41. The standard InChI is InChI=1S/C22H25N5O/c1-5-17-8-6-7-14(2)21(17)26-20-13-15(3)23-22(27-20)25-19-11-9-18(10-12-19)24-16(4)28/h6-13H,5H2,1-4H3,(H,24,28)(H2,23,25,26,27). The van der Waals surface area contributed by atoms with Crippen LogP contribution in [0.5, 0.6) is 0 Å². The van der Waals surface area contributed by atoms with Gasteiger partial charge in [-0.15, -0.1) is 0 Å². The maximum absolute atomic E-state index is 11.1. The van der Waals surface area contributed by atoms with Crippen LogP contribution in [0, 0.1) is 13.8 Å². The molecule has 0 radical (unpaired) electrons. The molecule has 0 saturated carbocycles. The van der Waals surface area contributed by atoms with Crippen molar-refractivity contribution in [3.63, 3.8) is 0 Å². The molecule has 1 aromatic heterocycles. The van der Waals surface area contributed by atoms with Gasteiger partial charge in [-0.05, 0) is 55.7 Å². The Balaban J connectivity index is 1.81. The molecular formula is C22H25N5O. The molecule has 6 nitrogen and oxygen atoms in total. The highest BCUT2D eigenvalue weighted by atomic mass is 16.1. The summed E-state index contributed by atoms with van der Waals surface area (Å²) in [5, 5.41) is 9.42. The van der Waals surface area contributed by atoms with Crippen molar-refractivity contribution in [3.05, 3.63) is 65.4 Å². The normalized spacial score (nSPS) is 10.4. The zero-order valence-electron chi connectivity index (χ0n) is 16.6. The molecule has 28 heavy (non-hydrogen) atoms. The first-order valence-electron chi connectivity index (χ1n) is 9.30. The molecule has 144 valence electrons. The summed E-state index contributed by atoms with van der Waals surface area (Å²) in [7, 11) is 0. The van der Waals surface area contributed by atoms with E-state index in [9.17, 15) is 4.79 Å². The minimum absolute atomic E-state index is 0.0962. The van der Waals surface area contributed by atoms with Crippen molar-refractivity contribution in [2.45, 2.75) is 34.1 Å². The number of nitrogens with one attached hydrogen (secondary N) is 3. The van der Waals surface area contributed by atoms with Gasteiger partial charge < -0.3 is 16.0 Å². The minimum Gasteiger partial charge on any atom is -0.340 e. The Morgan fingerprint density at radius 3 is 2.36 bits per heavy atom. The van der Waals surface area contributed by atoms with Gasteiger partial charge in [-0.3, -0.25) is 4.79 Å². The molecule has 3 aromatic rings. The number of hydrogen-bond acceptors (Lipinski definition) is 5. The first-order valence-corrected chi connectivity index (χ1v) is 9.30. The summed E-state index contributed by atoms with van der Waals surface area (Å²) in [5.74, 6) is 1.16. The fourth-order valence-corrected chi connectivity index (χ4v) is 2.99. The number of nitrogens with zero attached hydrogens (tertiary/aromatic N) is 2. The van der Waals surface area contributed by atoms with Crippen LogP contribution in [-0.2, 0) is 11.2 Å². The Morgan fingerprint density at radius 1 is 0.964 bits per heavy atom. The lowest BCUT2D eigenvalue weighted by atomic mass is 10.1. The second kappa shape index (κ2) is 8.52. The van der Waals surface area contributed by atoms with Crippen LogP contribution in [0.15, 0.2) is 48.5 Å². The van der Waals surface area contributed by atoms with Gasteiger partial charge in [0, 0.05) is 35.7 Å². The van der Waals surface area contributed by atoms with Gasteiger partial charge in [0.1, 0.15) is 5.82 Å². The summed E-state index contributed by atoms with van der Waals surface area (Å²) in [4.78, 5) is 20.2. The van der Waals surface area contributed by atoms with Gasteiger partial charge in [-0.2, -0.15) is 4.98 Å². The highest BCUT2D eigenvalue weighted by molar-refractivity contribution is 5.88. The molecule has 2 aromatic carbocycles. The lowest BCUT2D eigenvalue weighted by molar-refractivity contribution is -0.114. The fraction of sp³-hybridized carbons (Fsp3) is 0.227. The Bertz CT molecular complexity index is 983. The van der Waals surface area contributed by atoms with Crippen molar-refractivity contribution in [1.82, 2.24) is 9.97 Å². The van der Waals surface area contributed by atoms with Gasteiger partial charge in [-0.1, -0.05) is 25.1 Å². The smallest absolute Gasteiger partial charge is 0.229 e. The largest absolute Gasteiger partial charge is 0.340 e. The van der Waals surface area contributed by atoms with E-state index in [-0.39, 0.29) is 5.91 Å². The van der Waals surface area contributed by atoms with Gasteiger partial charge >= 0.3 is 0 Å². The molecule has 3 rings (SSSR count). The van der Waals surface area contributed by atoms with E-state index >= 15 is 0 Å².